The van der Waals surface area contributed by atoms with Crippen LogP contribution < -0.4 is 4.74 Å². The normalized spacial score (nSPS) is 15.0. The third kappa shape index (κ3) is 4.46. The first kappa shape index (κ1) is 34.7. The lowest BCUT2D eigenvalue weighted by molar-refractivity contribution is 0.436. The highest BCUT2D eigenvalue weighted by molar-refractivity contribution is 6.12. The van der Waals surface area contributed by atoms with Gasteiger partial charge in [0.15, 0.2) is 0 Å². The van der Waals surface area contributed by atoms with Gasteiger partial charge in [-0.25, -0.2) is 0 Å². The molecule has 1 spiro atoms. The predicted molar refractivity (Wildman–Crippen MR) is 260 cm³/mol. The Morgan fingerprint density at radius 2 is 0.877 bits per heavy atom. The molecule has 13 aromatic rings. The molecular weight excluding hydrogens is 797 g/mol. The van der Waals surface area contributed by atoms with Gasteiger partial charge in [0.1, 0.15) is 11.5 Å². The van der Waals surface area contributed by atoms with Crippen LogP contribution in [0.1, 0.15) is 22.3 Å². The van der Waals surface area contributed by atoms with Gasteiger partial charge in [0.2, 0.25) is 0 Å². The molecule has 7 aromatic carbocycles. The number of ether oxygens (including phenoxy) is 1. The smallest absolute Gasteiger partial charge is 0.134 e. The minimum absolute atomic E-state index is 0.754. The van der Waals surface area contributed by atoms with Crippen LogP contribution in [0, 0.1) is 0 Å². The first-order valence-corrected chi connectivity index (χ1v) is 22.0. The lowest BCUT2D eigenvalue weighted by atomic mass is 9.66. The van der Waals surface area contributed by atoms with Crippen molar-refractivity contribution in [1.82, 2.24) is 28.7 Å². The van der Waals surface area contributed by atoms with E-state index in [4.69, 9.17) is 14.7 Å². The maximum absolute atomic E-state index is 7.06. The number of pyridine rings is 3. The van der Waals surface area contributed by atoms with Crippen molar-refractivity contribution < 1.29 is 4.74 Å². The molecule has 1 unspecified atom stereocenters. The van der Waals surface area contributed by atoms with Gasteiger partial charge in [0, 0.05) is 78.8 Å². The van der Waals surface area contributed by atoms with E-state index in [9.17, 15) is 0 Å². The van der Waals surface area contributed by atoms with Crippen LogP contribution in [-0.4, -0.2) is 28.7 Å². The van der Waals surface area contributed by atoms with E-state index in [0.29, 0.717) is 0 Å². The molecule has 302 valence electrons. The van der Waals surface area contributed by atoms with E-state index < -0.39 is 5.41 Å². The summed E-state index contributed by atoms with van der Waals surface area (Å²) in [6, 6.07) is 65.4. The second-order valence-electron chi connectivity index (χ2n) is 17.2. The van der Waals surface area contributed by atoms with Crippen LogP contribution >= 0.6 is 0 Å². The summed E-state index contributed by atoms with van der Waals surface area (Å²) in [6.07, 6.45) is 7.74. The lowest BCUT2D eigenvalue weighted by Gasteiger charge is -2.39. The Morgan fingerprint density at radius 3 is 1.62 bits per heavy atom. The quantitative estimate of drug-likeness (QED) is 0.178. The van der Waals surface area contributed by atoms with Crippen LogP contribution in [0.5, 0.6) is 11.5 Å². The molecule has 2 aliphatic rings. The van der Waals surface area contributed by atoms with Crippen molar-refractivity contribution in [3.63, 3.8) is 0 Å². The third-order valence-electron chi connectivity index (χ3n) is 14.1. The van der Waals surface area contributed by atoms with E-state index >= 15 is 0 Å². The minimum Gasteiger partial charge on any atom is -0.457 e. The molecule has 0 fully saturated rings. The molecule has 7 heteroatoms. The van der Waals surface area contributed by atoms with Gasteiger partial charge >= 0.3 is 0 Å². The lowest BCUT2D eigenvalue weighted by Crippen LogP contribution is -2.32. The van der Waals surface area contributed by atoms with Crippen molar-refractivity contribution >= 4 is 65.4 Å². The molecule has 0 saturated carbocycles. The van der Waals surface area contributed by atoms with Gasteiger partial charge in [-0.1, -0.05) is 103 Å². The fourth-order valence-electron chi connectivity index (χ4n) is 11.5. The van der Waals surface area contributed by atoms with Crippen LogP contribution in [0.3, 0.4) is 0 Å². The summed E-state index contributed by atoms with van der Waals surface area (Å²) in [6.45, 7) is 0. The molecule has 1 atom stereocenters. The largest absolute Gasteiger partial charge is 0.457 e. The monoisotopic (exact) mass is 830 g/mol. The molecule has 65 heavy (non-hydrogen) atoms. The molecule has 0 amide bonds. The Morgan fingerprint density at radius 1 is 0.338 bits per heavy atom. The third-order valence-corrected chi connectivity index (χ3v) is 14.1. The number of rotatable bonds is 3. The van der Waals surface area contributed by atoms with E-state index in [1.54, 1.807) is 0 Å². The first-order valence-electron chi connectivity index (χ1n) is 22.0. The van der Waals surface area contributed by atoms with Crippen LogP contribution in [0.4, 0.5) is 0 Å². The molecule has 1 aliphatic carbocycles. The summed E-state index contributed by atoms with van der Waals surface area (Å²) in [5.41, 5.74) is 15.2. The molecule has 0 saturated heterocycles. The van der Waals surface area contributed by atoms with Crippen molar-refractivity contribution in [2.24, 2.45) is 0 Å². The standard InChI is InChI=1S/C58H34N6O/c1-7-19-49-38(12-1)39-13-2-8-20-50(39)64(49)37-31-47-57(61-33-37)56-46(17-11-28-60-56)58(47)44-16-5-10-22-54(44)65-55-32-36(23-25-45(55)58)62-51-21-9-4-15-41(51)43-30-35(24-26-52(43)62)63-48-18-6-3-14-40(48)42-27-29-59-34-53(42)63/h1-34H. The number of benzene rings is 7. The van der Waals surface area contributed by atoms with Crippen molar-refractivity contribution in [1.29, 1.82) is 0 Å². The summed E-state index contributed by atoms with van der Waals surface area (Å²) in [5, 5.41) is 7.17. The Balaban J connectivity index is 0.962. The van der Waals surface area contributed by atoms with Crippen molar-refractivity contribution in [3.05, 3.63) is 229 Å². The summed E-state index contributed by atoms with van der Waals surface area (Å²) in [7, 11) is 0. The van der Waals surface area contributed by atoms with Crippen molar-refractivity contribution in [3.8, 4) is 39.9 Å². The number of para-hydroxylation sites is 5. The van der Waals surface area contributed by atoms with Gasteiger partial charge < -0.3 is 18.4 Å². The SMILES string of the molecule is c1ccc2c(c1)Oc1cc(-n3c4ccccc4c4cc(-n5c6ccccc6c6ccncc65)ccc43)ccc1C21c2cccnc2-c2ncc(-n3c4ccccc4c4ccccc43)cc21. The van der Waals surface area contributed by atoms with Gasteiger partial charge in [-0.05, 0) is 78.4 Å². The fraction of sp³-hybridized carbons (Fsp3) is 0.0172. The van der Waals surface area contributed by atoms with Gasteiger partial charge in [-0.15, -0.1) is 0 Å². The number of nitrogens with zero attached hydrogens (tertiary/aromatic N) is 6. The highest BCUT2D eigenvalue weighted by Crippen LogP contribution is 2.61. The second kappa shape index (κ2) is 12.6. The average Bonchev–Trinajstić information content (AvgIpc) is 4.08. The zero-order valence-electron chi connectivity index (χ0n) is 34.7. The predicted octanol–water partition coefficient (Wildman–Crippen LogP) is 13.6. The number of hydrogen-bond acceptors (Lipinski definition) is 4. The zero-order chi connectivity index (χ0) is 42.4. The van der Waals surface area contributed by atoms with E-state index in [1.807, 2.05) is 24.8 Å². The van der Waals surface area contributed by atoms with Crippen molar-refractivity contribution in [2.45, 2.75) is 5.41 Å². The van der Waals surface area contributed by atoms with Gasteiger partial charge in [0.25, 0.3) is 0 Å². The van der Waals surface area contributed by atoms with Crippen molar-refractivity contribution in [2.75, 3.05) is 0 Å². The Bertz CT molecular complexity index is 4090. The minimum atomic E-state index is -0.754. The van der Waals surface area contributed by atoms with E-state index in [2.05, 4.69) is 201 Å². The number of fused-ring (bicyclic) bond motifs is 18. The maximum Gasteiger partial charge on any atom is 0.134 e. The molecule has 7 nitrogen and oxygen atoms in total. The molecule has 7 heterocycles. The average molecular weight is 831 g/mol. The summed E-state index contributed by atoms with van der Waals surface area (Å²) >= 11 is 0. The highest BCUT2D eigenvalue weighted by Gasteiger charge is 2.52. The van der Waals surface area contributed by atoms with Crippen LogP contribution in [-0.2, 0) is 5.41 Å². The summed E-state index contributed by atoms with van der Waals surface area (Å²) < 4.78 is 14.1. The van der Waals surface area contributed by atoms with E-state index in [0.717, 1.165) is 95.3 Å². The Hall–Kier alpha value is -8.81. The molecule has 6 aromatic heterocycles. The van der Waals surface area contributed by atoms with E-state index in [1.165, 1.54) is 32.3 Å². The molecule has 0 radical (unpaired) electrons. The Labute approximate surface area is 371 Å². The summed E-state index contributed by atoms with van der Waals surface area (Å²) in [4.78, 5) is 14.9. The molecule has 1 aliphatic heterocycles. The first-order chi connectivity index (χ1) is 32.3. The zero-order valence-corrected chi connectivity index (χ0v) is 34.7. The Kier molecular flexibility index (Phi) is 6.76. The summed E-state index contributed by atoms with van der Waals surface area (Å²) in [5.74, 6) is 1.61. The topological polar surface area (TPSA) is 62.7 Å². The second-order valence-corrected chi connectivity index (χ2v) is 17.2. The van der Waals surface area contributed by atoms with Crippen LogP contribution in [0.25, 0.3) is 93.9 Å². The van der Waals surface area contributed by atoms with Gasteiger partial charge in [-0.2, -0.15) is 0 Å². The number of hydrogen-bond donors (Lipinski definition) is 0. The molecule has 0 N–H and O–H groups in total. The van der Waals surface area contributed by atoms with Crippen LogP contribution in [0.2, 0.25) is 0 Å². The molecule has 15 rings (SSSR count). The fourth-order valence-corrected chi connectivity index (χ4v) is 11.5. The molecule has 0 bridgehead atoms. The van der Waals surface area contributed by atoms with Crippen LogP contribution in [0.15, 0.2) is 207 Å². The number of aromatic nitrogens is 6. The van der Waals surface area contributed by atoms with E-state index in [-0.39, 0.29) is 0 Å². The molecular formula is C58H34N6O. The maximum atomic E-state index is 7.06. The highest BCUT2D eigenvalue weighted by atomic mass is 16.5. The van der Waals surface area contributed by atoms with Gasteiger partial charge in [-0.3, -0.25) is 15.0 Å². The van der Waals surface area contributed by atoms with Gasteiger partial charge in [0.05, 0.1) is 68.0 Å².